The van der Waals surface area contributed by atoms with E-state index in [1.165, 1.54) is 21.9 Å². The number of pyridine rings is 1. The van der Waals surface area contributed by atoms with E-state index in [4.69, 9.17) is 5.73 Å². The maximum Gasteiger partial charge on any atom is 0.0944 e. The van der Waals surface area contributed by atoms with Gasteiger partial charge in [0.2, 0.25) is 0 Å². The second kappa shape index (κ2) is 3.86. The summed E-state index contributed by atoms with van der Waals surface area (Å²) in [6, 6.07) is 8.37. The molecule has 0 aliphatic carbocycles. The average Bonchev–Trinajstić information content (AvgIpc) is 2.67. The molecule has 0 bridgehead atoms. The molecule has 2 heterocycles. The van der Waals surface area contributed by atoms with E-state index in [9.17, 15) is 0 Å². The number of rotatable bonds is 2. The van der Waals surface area contributed by atoms with Gasteiger partial charge in [0, 0.05) is 30.2 Å². The molecule has 0 radical (unpaired) electrons. The number of aromatic nitrogens is 2. The number of hydrogen-bond donors (Lipinski definition) is 1. The van der Waals surface area contributed by atoms with Gasteiger partial charge in [-0.05, 0) is 24.6 Å². The fourth-order valence-corrected chi connectivity index (χ4v) is 2.47. The second-order valence-electron chi connectivity index (χ2n) is 4.34. The van der Waals surface area contributed by atoms with Crippen LogP contribution in [0.15, 0.2) is 36.7 Å². The molecule has 0 spiro atoms. The Morgan fingerprint density at radius 1 is 1.29 bits per heavy atom. The van der Waals surface area contributed by atoms with Crippen LogP contribution in [-0.4, -0.2) is 16.1 Å². The maximum absolute atomic E-state index is 5.65. The Balaban J connectivity index is 2.42. The van der Waals surface area contributed by atoms with Crippen molar-refractivity contribution in [1.29, 1.82) is 0 Å². The smallest absolute Gasteiger partial charge is 0.0944 e. The van der Waals surface area contributed by atoms with Gasteiger partial charge in [-0.15, -0.1) is 0 Å². The zero-order valence-electron chi connectivity index (χ0n) is 9.85. The van der Waals surface area contributed by atoms with E-state index in [2.05, 4.69) is 41.0 Å². The standard InChI is InChI=1S/C14H15N3/c1-17-9-11(6-7-15)12-5-4-10-3-2-8-16-13(10)14(12)17/h2-5,8-9H,6-7,15H2,1H3. The van der Waals surface area contributed by atoms with Crippen molar-refractivity contribution in [3.63, 3.8) is 0 Å². The number of nitrogens with two attached hydrogens (primary N) is 1. The Morgan fingerprint density at radius 3 is 3.00 bits per heavy atom. The summed E-state index contributed by atoms with van der Waals surface area (Å²) in [5, 5.41) is 2.45. The van der Waals surface area contributed by atoms with E-state index in [1.54, 1.807) is 0 Å². The largest absolute Gasteiger partial charge is 0.348 e. The van der Waals surface area contributed by atoms with Gasteiger partial charge in [0.15, 0.2) is 0 Å². The predicted octanol–water partition coefficient (Wildman–Crippen LogP) is 2.23. The molecule has 86 valence electrons. The van der Waals surface area contributed by atoms with Gasteiger partial charge in [0.05, 0.1) is 11.0 Å². The lowest BCUT2D eigenvalue weighted by molar-refractivity contribution is 0.930. The first kappa shape index (κ1) is 10.3. The maximum atomic E-state index is 5.65. The summed E-state index contributed by atoms with van der Waals surface area (Å²) >= 11 is 0. The van der Waals surface area contributed by atoms with Gasteiger partial charge in [-0.25, -0.2) is 0 Å². The zero-order chi connectivity index (χ0) is 11.8. The molecule has 0 aliphatic heterocycles. The number of hydrogen-bond acceptors (Lipinski definition) is 2. The molecule has 3 heteroatoms. The minimum absolute atomic E-state index is 0.680. The molecule has 0 unspecified atom stereocenters. The van der Waals surface area contributed by atoms with Crippen LogP contribution >= 0.6 is 0 Å². The molecule has 0 saturated heterocycles. The highest BCUT2D eigenvalue weighted by Crippen LogP contribution is 2.27. The minimum atomic E-state index is 0.680. The summed E-state index contributed by atoms with van der Waals surface area (Å²) < 4.78 is 2.15. The lowest BCUT2D eigenvalue weighted by Gasteiger charge is -2.01. The Hall–Kier alpha value is -1.87. The average molecular weight is 225 g/mol. The van der Waals surface area contributed by atoms with Crippen LogP contribution in [0.5, 0.6) is 0 Å². The third-order valence-electron chi connectivity index (χ3n) is 3.21. The topological polar surface area (TPSA) is 43.8 Å². The molecule has 3 nitrogen and oxygen atoms in total. The number of benzene rings is 1. The van der Waals surface area contributed by atoms with Gasteiger partial charge in [0.25, 0.3) is 0 Å². The first-order valence-corrected chi connectivity index (χ1v) is 5.83. The highest BCUT2D eigenvalue weighted by Gasteiger charge is 2.09. The van der Waals surface area contributed by atoms with Gasteiger partial charge in [-0.2, -0.15) is 0 Å². The van der Waals surface area contributed by atoms with E-state index in [1.807, 2.05) is 12.3 Å². The van der Waals surface area contributed by atoms with E-state index >= 15 is 0 Å². The van der Waals surface area contributed by atoms with Crippen molar-refractivity contribution < 1.29 is 0 Å². The minimum Gasteiger partial charge on any atom is -0.348 e. The lowest BCUT2D eigenvalue weighted by atomic mass is 10.1. The lowest BCUT2D eigenvalue weighted by Crippen LogP contribution is -2.01. The van der Waals surface area contributed by atoms with Crippen molar-refractivity contribution in [2.24, 2.45) is 12.8 Å². The monoisotopic (exact) mass is 225 g/mol. The SMILES string of the molecule is Cn1cc(CCN)c2ccc3cccnc3c21. The summed E-state index contributed by atoms with van der Waals surface area (Å²) in [7, 11) is 2.07. The molecular formula is C14H15N3. The first-order valence-electron chi connectivity index (χ1n) is 5.83. The van der Waals surface area contributed by atoms with Gasteiger partial charge >= 0.3 is 0 Å². The number of nitrogens with zero attached hydrogens (tertiary/aromatic N) is 2. The Labute approximate surface area is 99.9 Å². The summed E-state index contributed by atoms with van der Waals surface area (Å²) in [4.78, 5) is 4.49. The summed E-state index contributed by atoms with van der Waals surface area (Å²) in [6.45, 7) is 0.680. The van der Waals surface area contributed by atoms with Crippen LogP contribution < -0.4 is 5.73 Å². The van der Waals surface area contributed by atoms with Gasteiger partial charge < -0.3 is 10.3 Å². The molecule has 1 aromatic carbocycles. The second-order valence-corrected chi connectivity index (χ2v) is 4.34. The molecule has 3 rings (SSSR count). The normalized spacial score (nSPS) is 11.4. The van der Waals surface area contributed by atoms with Gasteiger partial charge in [0.1, 0.15) is 0 Å². The molecule has 0 fully saturated rings. The van der Waals surface area contributed by atoms with Gasteiger partial charge in [-0.3, -0.25) is 4.98 Å². The van der Waals surface area contributed by atoms with Crippen LogP contribution in [0.25, 0.3) is 21.8 Å². The van der Waals surface area contributed by atoms with Crippen molar-refractivity contribution in [2.45, 2.75) is 6.42 Å². The first-order chi connectivity index (χ1) is 8.31. The van der Waals surface area contributed by atoms with Crippen LogP contribution in [0.2, 0.25) is 0 Å². The summed E-state index contributed by atoms with van der Waals surface area (Å²) in [5.74, 6) is 0. The molecule has 2 N–H and O–H groups in total. The van der Waals surface area contributed by atoms with Crippen LogP contribution in [0, 0.1) is 0 Å². The summed E-state index contributed by atoms with van der Waals surface area (Å²) in [5.41, 5.74) is 9.22. The molecule has 0 saturated carbocycles. The van der Waals surface area contributed by atoms with Crippen molar-refractivity contribution >= 4 is 21.8 Å². The van der Waals surface area contributed by atoms with Crippen molar-refractivity contribution in [2.75, 3.05) is 6.54 Å². The molecular weight excluding hydrogens is 210 g/mol. The molecule has 2 aromatic heterocycles. The van der Waals surface area contributed by atoms with Crippen molar-refractivity contribution in [3.05, 3.63) is 42.2 Å². The fourth-order valence-electron chi connectivity index (χ4n) is 2.47. The molecule has 17 heavy (non-hydrogen) atoms. The van der Waals surface area contributed by atoms with Crippen LogP contribution in [0.4, 0.5) is 0 Å². The quantitative estimate of drug-likeness (QED) is 0.726. The number of fused-ring (bicyclic) bond motifs is 3. The highest BCUT2D eigenvalue weighted by molar-refractivity contribution is 6.04. The van der Waals surface area contributed by atoms with E-state index < -0.39 is 0 Å². The van der Waals surface area contributed by atoms with Crippen LogP contribution in [0.1, 0.15) is 5.56 Å². The van der Waals surface area contributed by atoms with E-state index in [-0.39, 0.29) is 0 Å². The molecule has 3 aromatic rings. The fraction of sp³-hybridized carbons (Fsp3) is 0.214. The Morgan fingerprint density at radius 2 is 2.18 bits per heavy atom. The van der Waals surface area contributed by atoms with E-state index in [0.29, 0.717) is 6.54 Å². The Bertz CT molecular complexity index is 682. The third-order valence-corrected chi connectivity index (χ3v) is 3.21. The highest BCUT2D eigenvalue weighted by atomic mass is 14.9. The van der Waals surface area contributed by atoms with E-state index in [0.717, 1.165) is 11.9 Å². The molecule has 0 atom stereocenters. The summed E-state index contributed by atoms with van der Waals surface area (Å²) in [6.07, 6.45) is 4.92. The Kier molecular flexibility index (Phi) is 2.34. The molecule has 0 aliphatic rings. The van der Waals surface area contributed by atoms with Crippen LogP contribution in [-0.2, 0) is 13.5 Å². The molecule has 0 amide bonds. The predicted molar refractivity (Wildman–Crippen MR) is 71.0 cm³/mol. The van der Waals surface area contributed by atoms with Crippen molar-refractivity contribution in [1.82, 2.24) is 9.55 Å². The third kappa shape index (κ3) is 1.51. The van der Waals surface area contributed by atoms with Crippen molar-refractivity contribution in [3.8, 4) is 0 Å². The number of aryl methyl sites for hydroxylation is 1. The zero-order valence-corrected chi connectivity index (χ0v) is 9.85. The van der Waals surface area contributed by atoms with Gasteiger partial charge in [-0.1, -0.05) is 18.2 Å². The van der Waals surface area contributed by atoms with Crippen LogP contribution in [0.3, 0.4) is 0 Å².